The van der Waals surface area contributed by atoms with E-state index in [0.717, 1.165) is 40.6 Å². The van der Waals surface area contributed by atoms with E-state index in [1.54, 1.807) is 0 Å². The van der Waals surface area contributed by atoms with Crippen molar-refractivity contribution in [1.82, 2.24) is 4.90 Å². The largest absolute Gasteiger partial charge is 0.491 e. The smallest absolute Gasteiger partial charge is 0.238 e. The second kappa shape index (κ2) is 12.3. The predicted octanol–water partition coefficient (Wildman–Crippen LogP) is 6.25. The molecule has 0 radical (unpaired) electrons. The Morgan fingerprint density at radius 1 is 0.975 bits per heavy atom. The fraction of sp³-hybridized carbons (Fsp3) is 0.424. The number of fused-ring (bicyclic) bond motifs is 1. The highest BCUT2D eigenvalue weighted by atomic mass is 16.7. The first-order valence-electron chi connectivity index (χ1n) is 14.1. The summed E-state index contributed by atoms with van der Waals surface area (Å²) in [5, 5.41) is 3.18. The van der Waals surface area contributed by atoms with E-state index in [4.69, 9.17) is 18.9 Å². The van der Waals surface area contributed by atoms with Crippen molar-refractivity contribution in [2.24, 2.45) is 5.92 Å². The Hall–Kier alpha value is -3.55. The van der Waals surface area contributed by atoms with E-state index in [1.165, 1.54) is 11.1 Å². The number of likely N-dealkylation sites (tertiary alicyclic amines) is 1. The van der Waals surface area contributed by atoms with E-state index in [-0.39, 0.29) is 36.7 Å². The number of benzene rings is 3. The Kier molecular flexibility index (Phi) is 8.62. The minimum absolute atomic E-state index is 0.00829. The van der Waals surface area contributed by atoms with Crippen molar-refractivity contribution in [2.45, 2.75) is 52.7 Å². The van der Waals surface area contributed by atoms with Crippen LogP contribution in [0.15, 0.2) is 60.7 Å². The van der Waals surface area contributed by atoms with E-state index in [1.807, 2.05) is 64.1 Å². The molecule has 1 saturated heterocycles. The van der Waals surface area contributed by atoms with Gasteiger partial charge in [-0.1, -0.05) is 43.3 Å². The van der Waals surface area contributed by atoms with Gasteiger partial charge in [-0.3, -0.25) is 9.69 Å². The minimum atomic E-state index is -0.00829. The molecule has 0 aliphatic carbocycles. The molecular formula is C33H40N2O5. The number of rotatable bonds is 10. The minimum Gasteiger partial charge on any atom is -0.491 e. The van der Waals surface area contributed by atoms with E-state index >= 15 is 0 Å². The molecule has 0 spiro atoms. The maximum absolute atomic E-state index is 13.4. The van der Waals surface area contributed by atoms with Gasteiger partial charge in [0, 0.05) is 24.2 Å². The van der Waals surface area contributed by atoms with Crippen LogP contribution in [0.2, 0.25) is 0 Å². The molecule has 2 heterocycles. The fourth-order valence-electron chi connectivity index (χ4n) is 5.89. The van der Waals surface area contributed by atoms with Crippen molar-refractivity contribution in [1.29, 1.82) is 0 Å². The average molecular weight is 545 g/mol. The van der Waals surface area contributed by atoms with Crippen LogP contribution in [0.4, 0.5) is 5.69 Å². The van der Waals surface area contributed by atoms with Gasteiger partial charge in [-0.15, -0.1) is 0 Å². The molecule has 0 bridgehead atoms. The third-order valence-electron chi connectivity index (χ3n) is 7.90. The van der Waals surface area contributed by atoms with Crippen LogP contribution in [0.3, 0.4) is 0 Å². The SMILES string of the molecule is Cc1cccc(C)c1NC(=O)CN1C[C@H](c2ccc3c(c2)OCO3)C(C)[C@@H]1c1ccc(OCCOC(C)C)cc1. The van der Waals surface area contributed by atoms with Crippen molar-refractivity contribution in [2.75, 3.05) is 38.4 Å². The maximum Gasteiger partial charge on any atom is 0.238 e. The van der Waals surface area contributed by atoms with E-state index in [0.29, 0.717) is 19.8 Å². The number of ether oxygens (including phenoxy) is 4. The van der Waals surface area contributed by atoms with Crippen LogP contribution in [-0.2, 0) is 9.53 Å². The Morgan fingerprint density at radius 3 is 2.40 bits per heavy atom. The molecule has 3 aromatic rings. The molecule has 2 aliphatic heterocycles. The van der Waals surface area contributed by atoms with Gasteiger partial charge >= 0.3 is 0 Å². The van der Waals surface area contributed by atoms with Crippen LogP contribution >= 0.6 is 0 Å². The number of nitrogens with zero attached hydrogens (tertiary/aromatic N) is 1. The lowest BCUT2D eigenvalue weighted by Crippen LogP contribution is -2.34. The molecule has 0 saturated carbocycles. The summed E-state index contributed by atoms with van der Waals surface area (Å²) < 4.78 is 22.7. The molecule has 2 aliphatic rings. The van der Waals surface area contributed by atoms with Crippen molar-refractivity contribution >= 4 is 11.6 Å². The normalized spacial score (nSPS) is 20.2. The Bertz CT molecular complexity index is 1300. The number of para-hydroxylation sites is 1. The van der Waals surface area contributed by atoms with Crippen LogP contribution in [0.25, 0.3) is 0 Å². The lowest BCUT2D eigenvalue weighted by atomic mass is 9.84. The van der Waals surface area contributed by atoms with Gasteiger partial charge in [-0.25, -0.2) is 0 Å². The summed E-state index contributed by atoms with van der Waals surface area (Å²) >= 11 is 0. The zero-order valence-electron chi connectivity index (χ0n) is 24.1. The van der Waals surface area contributed by atoms with Gasteiger partial charge < -0.3 is 24.3 Å². The van der Waals surface area contributed by atoms with Gasteiger partial charge in [-0.2, -0.15) is 0 Å². The molecule has 0 aromatic heterocycles. The number of aryl methyl sites for hydroxylation is 2. The highest BCUT2D eigenvalue weighted by molar-refractivity contribution is 5.93. The van der Waals surface area contributed by atoms with Crippen molar-refractivity contribution in [3.8, 4) is 17.2 Å². The zero-order valence-corrected chi connectivity index (χ0v) is 24.1. The first-order valence-corrected chi connectivity index (χ1v) is 14.1. The van der Waals surface area contributed by atoms with Crippen molar-refractivity contribution in [3.63, 3.8) is 0 Å². The number of anilines is 1. The lowest BCUT2D eigenvalue weighted by Gasteiger charge is -2.27. The molecule has 1 fully saturated rings. The second-order valence-corrected chi connectivity index (χ2v) is 11.1. The molecule has 1 N–H and O–H groups in total. The summed E-state index contributed by atoms with van der Waals surface area (Å²) in [4.78, 5) is 15.7. The summed E-state index contributed by atoms with van der Waals surface area (Å²) in [7, 11) is 0. The number of nitrogens with one attached hydrogen (secondary N) is 1. The monoisotopic (exact) mass is 544 g/mol. The number of carbonyl (C=O) groups is 1. The Labute approximate surface area is 237 Å². The van der Waals surface area contributed by atoms with Crippen molar-refractivity contribution < 1.29 is 23.7 Å². The average Bonchev–Trinajstić information content (AvgIpc) is 3.52. The number of carbonyl (C=O) groups excluding carboxylic acids is 1. The number of amides is 1. The van der Waals surface area contributed by atoms with E-state index in [9.17, 15) is 4.79 Å². The summed E-state index contributed by atoms with van der Waals surface area (Å²) in [5.41, 5.74) is 5.39. The summed E-state index contributed by atoms with van der Waals surface area (Å²) in [6.07, 6.45) is 0.186. The quantitative estimate of drug-likeness (QED) is 0.304. The molecule has 40 heavy (non-hydrogen) atoms. The zero-order chi connectivity index (χ0) is 28.2. The van der Waals surface area contributed by atoms with Crippen LogP contribution in [0, 0.1) is 19.8 Å². The summed E-state index contributed by atoms with van der Waals surface area (Å²) in [6.45, 7) is 12.7. The highest BCUT2D eigenvalue weighted by Gasteiger charge is 2.41. The topological polar surface area (TPSA) is 69.3 Å². The molecule has 3 atom stereocenters. The molecule has 1 unspecified atom stereocenters. The van der Waals surface area contributed by atoms with E-state index < -0.39 is 0 Å². The summed E-state index contributed by atoms with van der Waals surface area (Å²) in [6, 6.07) is 20.6. The lowest BCUT2D eigenvalue weighted by molar-refractivity contribution is -0.117. The molecule has 7 heteroatoms. The summed E-state index contributed by atoms with van der Waals surface area (Å²) in [5.74, 6) is 2.87. The van der Waals surface area contributed by atoms with Gasteiger partial charge in [0.2, 0.25) is 12.7 Å². The fourth-order valence-corrected chi connectivity index (χ4v) is 5.89. The van der Waals surface area contributed by atoms with Gasteiger partial charge in [0.25, 0.3) is 0 Å². The predicted molar refractivity (Wildman–Crippen MR) is 156 cm³/mol. The first-order chi connectivity index (χ1) is 19.3. The standard InChI is InChI=1S/C33H40N2O5/c1-21(2)37-15-16-38-27-12-9-25(10-13-27)33-24(5)28(26-11-14-29-30(17-26)40-20-39-29)18-35(33)19-31(36)34-32-22(3)7-6-8-23(32)4/h6-14,17,21,24,28,33H,15-16,18-20H2,1-5H3,(H,34,36)/t24?,28-,33+/m0/s1. The highest BCUT2D eigenvalue weighted by Crippen LogP contribution is 2.47. The van der Waals surface area contributed by atoms with Crippen LogP contribution < -0.4 is 19.5 Å². The van der Waals surface area contributed by atoms with Gasteiger partial charge in [0.05, 0.1) is 19.3 Å². The third-order valence-corrected chi connectivity index (χ3v) is 7.90. The molecular weight excluding hydrogens is 504 g/mol. The van der Waals surface area contributed by atoms with Crippen LogP contribution in [-0.4, -0.2) is 50.0 Å². The molecule has 5 rings (SSSR count). The van der Waals surface area contributed by atoms with Crippen LogP contribution in [0.1, 0.15) is 55.0 Å². The Balaban J connectivity index is 1.36. The number of hydrogen-bond acceptors (Lipinski definition) is 6. The molecule has 212 valence electrons. The Morgan fingerprint density at radius 2 is 1.68 bits per heavy atom. The molecule has 1 amide bonds. The molecule has 7 nitrogen and oxygen atoms in total. The van der Waals surface area contributed by atoms with Gasteiger partial charge in [0.15, 0.2) is 11.5 Å². The number of hydrogen-bond donors (Lipinski definition) is 1. The van der Waals surface area contributed by atoms with Gasteiger partial charge in [-0.05, 0) is 80.1 Å². The van der Waals surface area contributed by atoms with E-state index in [2.05, 4.69) is 41.4 Å². The first kappa shape index (κ1) is 28.0. The van der Waals surface area contributed by atoms with Crippen molar-refractivity contribution in [3.05, 3.63) is 82.9 Å². The van der Waals surface area contributed by atoms with Crippen LogP contribution in [0.5, 0.6) is 17.2 Å². The maximum atomic E-state index is 13.4. The van der Waals surface area contributed by atoms with Gasteiger partial charge in [0.1, 0.15) is 12.4 Å². The molecule has 3 aromatic carbocycles. The third kappa shape index (κ3) is 6.26. The second-order valence-electron chi connectivity index (χ2n) is 11.1.